The Morgan fingerprint density at radius 1 is 1.28 bits per heavy atom. The summed E-state index contributed by atoms with van der Waals surface area (Å²) in [4.78, 5) is 12.7. The molecule has 1 aliphatic heterocycles. The molecule has 1 aromatic carbocycles. The van der Waals surface area contributed by atoms with E-state index in [0.29, 0.717) is 5.56 Å². The first-order valence-corrected chi connectivity index (χ1v) is 6.01. The van der Waals surface area contributed by atoms with Gasteiger partial charge >= 0.3 is 0 Å². The summed E-state index contributed by atoms with van der Waals surface area (Å²) in [5.74, 6) is 0. The van der Waals surface area contributed by atoms with E-state index in [4.69, 9.17) is 0 Å². The Labute approximate surface area is 106 Å². The highest BCUT2D eigenvalue weighted by Gasteiger charge is 2.15. The van der Waals surface area contributed by atoms with Gasteiger partial charge in [-0.15, -0.1) is 0 Å². The lowest BCUT2D eigenvalue weighted by Gasteiger charge is -2.33. The smallest absolute Gasteiger partial charge is 0.272 e. The molecule has 1 aliphatic rings. The molecule has 1 aromatic rings. The molecule has 6 nitrogen and oxygen atoms in total. The van der Waals surface area contributed by atoms with Crippen LogP contribution in [-0.2, 0) is 0 Å². The van der Waals surface area contributed by atoms with Crippen molar-refractivity contribution in [3.05, 3.63) is 33.9 Å². The Morgan fingerprint density at radius 3 is 2.50 bits per heavy atom. The largest absolute Gasteiger partial charge is 0.319 e. The molecule has 0 bridgehead atoms. The average Bonchev–Trinajstić information content (AvgIpc) is 2.32. The zero-order chi connectivity index (χ0) is 13.1. The lowest BCUT2D eigenvalue weighted by molar-refractivity contribution is -0.385. The number of aryl methyl sites for hydroxylation is 1. The minimum Gasteiger partial charge on any atom is -0.319 e. The molecule has 0 saturated carbocycles. The van der Waals surface area contributed by atoms with Gasteiger partial charge in [-0.25, -0.2) is 5.01 Å². The van der Waals surface area contributed by atoms with Gasteiger partial charge in [-0.1, -0.05) is 0 Å². The summed E-state index contributed by atoms with van der Waals surface area (Å²) in [6, 6.07) is 5.12. The third-order valence-electron chi connectivity index (χ3n) is 3.18. The van der Waals surface area contributed by atoms with E-state index in [1.807, 2.05) is 6.07 Å². The zero-order valence-corrected chi connectivity index (χ0v) is 10.7. The fourth-order valence-corrected chi connectivity index (χ4v) is 2.03. The normalized spacial score (nSPS) is 17.7. The highest BCUT2D eigenvalue weighted by molar-refractivity contribution is 5.53. The molecule has 2 rings (SSSR count). The summed E-state index contributed by atoms with van der Waals surface area (Å²) in [6.07, 6.45) is 0. The Kier molecular flexibility index (Phi) is 3.78. The summed E-state index contributed by atoms with van der Waals surface area (Å²) < 4.78 is 0. The number of anilines is 1. The Bertz CT molecular complexity index is 442. The minimum atomic E-state index is -0.352. The van der Waals surface area contributed by atoms with Gasteiger partial charge in [0.1, 0.15) is 0 Å². The number of hydrazine groups is 1. The van der Waals surface area contributed by atoms with Gasteiger partial charge in [0.05, 0.1) is 4.92 Å². The van der Waals surface area contributed by atoms with Crippen molar-refractivity contribution in [3.63, 3.8) is 0 Å². The van der Waals surface area contributed by atoms with Crippen LogP contribution >= 0.6 is 0 Å². The van der Waals surface area contributed by atoms with Crippen molar-refractivity contribution in [2.24, 2.45) is 0 Å². The quantitative estimate of drug-likeness (QED) is 0.650. The average molecular weight is 250 g/mol. The molecule has 1 heterocycles. The number of likely N-dealkylation sites (N-methyl/N-ethyl adjacent to an activating group) is 1. The highest BCUT2D eigenvalue weighted by atomic mass is 16.6. The van der Waals surface area contributed by atoms with Crippen LogP contribution in [0.1, 0.15) is 5.56 Å². The number of nitrogens with zero attached hydrogens (tertiary/aromatic N) is 3. The van der Waals surface area contributed by atoms with Crippen LogP contribution in [0, 0.1) is 17.0 Å². The van der Waals surface area contributed by atoms with Crippen molar-refractivity contribution in [3.8, 4) is 0 Å². The molecule has 98 valence electrons. The van der Waals surface area contributed by atoms with Crippen LogP contribution in [0.4, 0.5) is 11.4 Å². The van der Waals surface area contributed by atoms with Gasteiger partial charge in [-0.2, -0.15) is 0 Å². The first-order valence-electron chi connectivity index (χ1n) is 6.01. The Balaban J connectivity index is 2.02. The molecule has 6 heteroatoms. The van der Waals surface area contributed by atoms with E-state index in [1.54, 1.807) is 19.1 Å². The van der Waals surface area contributed by atoms with E-state index >= 15 is 0 Å². The van der Waals surface area contributed by atoms with E-state index < -0.39 is 0 Å². The molecular formula is C12H18N4O2. The molecule has 0 aromatic heterocycles. The fourth-order valence-electron chi connectivity index (χ4n) is 2.03. The predicted molar refractivity (Wildman–Crippen MR) is 70.5 cm³/mol. The summed E-state index contributed by atoms with van der Waals surface area (Å²) in [7, 11) is 2.10. The van der Waals surface area contributed by atoms with Crippen LogP contribution < -0.4 is 5.43 Å². The van der Waals surface area contributed by atoms with Crippen molar-refractivity contribution < 1.29 is 4.92 Å². The molecule has 1 fully saturated rings. The van der Waals surface area contributed by atoms with Gasteiger partial charge in [0.25, 0.3) is 5.69 Å². The Hall–Kier alpha value is -1.66. The second-order valence-corrected chi connectivity index (χ2v) is 4.66. The van der Waals surface area contributed by atoms with E-state index in [9.17, 15) is 10.1 Å². The molecule has 0 unspecified atom stereocenters. The summed E-state index contributed by atoms with van der Waals surface area (Å²) in [6.45, 7) is 5.71. The van der Waals surface area contributed by atoms with Crippen molar-refractivity contribution >= 4 is 11.4 Å². The molecule has 0 atom stereocenters. The van der Waals surface area contributed by atoms with Gasteiger partial charge in [0.2, 0.25) is 0 Å². The van der Waals surface area contributed by atoms with Crippen LogP contribution in [0.3, 0.4) is 0 Å². The van der Waals surface area contributed by atoms with E-state index in [0.717, 1.165) is 31.9 Å². The van der Waals surface area contributed by atoms with E-state index in [-0.39, 0.29) is 10.6 Å². The second kappa shape index (κ2) is 5.32. The van der Waals surface area contributed by atoms with Gasteiger partial charge in [0.15, 0.2) is 0 Å². The molecular weight excluding hydrogens is 232 g/mol. The maximum absolute atomic E-state index is 10.7. The van der Waals surface area contributed by atoms with Crippen LogP contribution in [0.5, 0.6) is 0 Å². The number of rotatable bonds is 3. The van der Waals surface area contributed by atoms with Crippen LogP contribution in [0.2, 0.25) is 0 Å². The third kappa shape index (κ3) is 2.96. The van der Waals surface area contributed by atoms with E-state index in [2.05, 4.69) is 22.4 Å². The van der Waals surface area contributed by atoms with Crippen LogP contribution in [0.15, 0.2) is 18.2 Å². The highest BCUT2D eigenvalue weighted by Crippen LogP contribution is 2.22. The number of hydrogen-bond donors (Lipinski definition) is 1. The van der Waals surface area contributed by atoms with Crippen LogP contribution in [-0.4, -0.2) is 48.1 Å². The molecule has 1 N–H and O–H groups in total. The zero-order valence-electron chi connectivity index (χ0n) is 10.7. The third-order valence-corrected chi connectivity index (χ3v) is 3.18. The first-order chi connectivity index (χ1) is 8.56. The molecule has 0 spiro atoms. The van der Waals surface area contributed by atoms with Crippen molar-refractivity contribution in [2.75, 3.05) is 38.7 Å². The summed E-state index contributed by atoms with van der Waals surface area (Å²) in [5.41, 5.74) is 5.04. The topological polar surface area (TPSA) is 61.6 Å². The van der Waals surface area contributed by atoms with Crippen molar-refractivity contribution in [2.45, 2.75) is 6.92 Å². The lowest BCUT2D eigenvalue weighted by atomic mass is 10.2. The van der Waals surface area contributed by atoms with Crippen LogP contribution in [0.25, 0.3) is 0 Å². The van der Waals surface area contributed by atoms with Gasteiger partial charge < -0.3 is 10.3 Å². The summed E-state index contributed by atoms with van der Waals surface area (Å²) in [5, 5.41) is 12.9. The van der Waals surface area contributed by atoms with Crippen molar-refractivity contribution in [1.82, 2.24) is 9.91 Å². The molecule has 0 radical (unpaired) electrons. The van der Waals surface area contributed by atoms with Gasteiger partial charge in [-0.3, -0.25) is 10.1 Å². The molecule has 1 saturated heterocycles. The Morgan fingerprint density at radius 2 is 1.94 bits per heavy atom. The fraction of sp³-hybridized carbons (Fsp3) is 0.500. The number of hydrogen-bond acceptors (Lipinski definition) is 5. The maximum atomic E-state index is 10.7. The first kappa shape index (κ1) is 12.8. The molecule has 0 amide bonds. The van der Waals surface area contributed by atoms with Crippen molar-refractivity contribution in [1.29, 1.82) is 0 Å². The van der Waals surface area contributed by atoms with E-state index in [1.165, 1.54) is 0 Å². The summed E-state index contributed by atoms with van der Waals surface area (Å²) >= 11 is 0. The second-order valence-electron chi connectivity index (χ2n) is 4.66. The SMILES string of the molecule is Cc1cc(NN2CCN(C)CC2)ccc1[N+](=O)[O-]. The lowest BCUT2D eigenvalue weighted by Crippen LogP contribution is -2.46. The minimum absolute atomic E-state index is 0.166. The number of nitro groups is 1. The molecule has 0 aliphatic carbocycles. The van der Waals surface area contributed by atoms with Gasteiger partial charge in [0, 0.05) is 43.5 Å². The number of piperazine rings is 1. The number of nitro benzene ring substituents is 1. The maximum Gasteiger partial charge on any atom is 0.272 e. The standard InChI is InChI=1S/C12H18N4O2/c1-10-9-11(3-4-12(10)16(17)18)13-15-7-5-14(2)6-8-15/h3-4,9,13H,5-8H2,1-2H3. The number of benzene rings is 1. The predicted octanol–water partition coefficient (Wildman–Crippen LogP) is 1.48. The molecule has 18 heavy (non-hydrogen) atoms. The monoisotopic (exact) mass is 250 g/mol. The van der Waals surface area contributed by atoms with Gasteiger partial charge in [-0.05, 0) is 26.1 Å². The number of nitrogens with one attached hydrogen (secondary N) is 1.